The molecular formula is C12H8Br2N2. The standard InChI is InChI=1S/C12H8Br2N2/c13-15-7-1-3-9-5-6-10-4-2-8-16(14)12(10)11(9)15/h1-8H. The maximum absolute atomic E-state index is 3.53. The molecule has 0 aliphatic carbocycles. The number of anilines is 2. The second kappa shape index (κ2) is 3.79. The molecule has 0 saturated heterocycles. The Morgan fingerprint density at radius 1 is 0.750 bits per heavy atom. The summed E-state index contributed by atoms with van der Waals surface area (Å²) < 4.78 is 3.92. The first kappa shape index (κ1) is 10.2. The van der Waals surface area contributed by atoms with E-state index >= 15 is 0 Å². The quantitative estimate of drug-likeness (QED) is 0.670. The van der Waals surface area contributed by atoms with Gasteiger partial charge in [-0.25, -0.2) is 0 Å². The third kappa shape index (κ3) is 1.44. The minimum Gasteiger partial charge on any atom is -0.282 e. The molecule has 80 valence electrons. The van der Waals surface area contributed by atoms with Gasteiger partial charge in [-0.1, -0.05) is 24.3 Å². The first-order valence-corrected chi connectivity index (χ1v) is 6.29. The van der Waals surface area contributed by atoms with Crippen LogP contribution in [0.4, 0.5) is 11.4 Å². The Morgan fingerprint density at radius 2 is 1.19 bits per heavy atom. The average molecular weight is 340 g/mol. The fourth-order valence-corrected chi connectivity index (χ4v) is 2.94. The maximum Gasteiger partial charge on any atom is 0.0842 e. The average Bonchev–Trinajstić information content (AvgIpc) is 2.29. The van der Waals surface area contributed by atoms with E-state index in [0.717, 1.165) is 11.4 Å². The predicted octanol–water partition coefficient (Wildman–Crippen LogP) is 2.53. The summed E-state index contributed by atoms with van der Waals surface area (Å²) in [5.41, 5.74) is 2.30. The Bertz CT molecular complexity index is 562. The van der Waals surface area contributed by atoms with Crippen LogP contribution in [0.3, 0.4) is 0 Å². The zero-order chi connectivity index (χ0) is 11.1. The van der Waals surface area contributed by atoms with E-state index in [0.29, 0.717) is 0 Å². The Morgan fingerprint density at radius 3 is 1.62 bits per heavy atom. The number of hydrogen-bond acceptors (Lipinski definition) is 2. The van der Waals surface area contributed by atoms with Crippen molar-refractivity contribution in [2.24, 2.45) is 0 Å². The molecule has 0 fully saturated rings. The molecule has 0 radical (unpaired) electrons. The smallest absolute Gasteiger partial charge is 0.0842 e. The molecule has 4 heteroatoms. The van der Waals surface area contributed by atoms with Crippen LogP contribution in [-0.2, 0) is 0 Å². The molecule has 0 saturated carbocycles. The van der Waals surface area contributed by atoms with Gasteiger partial charge in [0.25, 0.3) is 0 Å². The van der Waals surface area contributed by atoms with E-state index in [1.165, 1.54) is 10.4 Å². The number of fused-ring (bicyclic) bond motifs is 3. The van der Waals surface area contributed by atoms with Crippen molar-refractivity contribution < 1.29 is 0 Å². The van der Waals surface area contributed by atoms with Crippen molar-refractivity contribution in [1.29, 1.82) is 0 Å². The molecule has 0 bridgehead atoms. The molecule has 1 aromatic carbocycles. The highest BCUT2D eigenvalue weighted by Crippen LogP contribution is 2.30. The van der Waals surface area contributed by atoms with Gasteiger partial charge in [-0.3, -0.25) is 7.85 Å². The largest absolute Gasteiger partial charge is 0.282 e. The van der Waals surface area contributed by atoms with E-state index in [-0.39, 0.29) is 0 Å². The molecule has 3 rings (SSSR count). The minimum atomic E-state index is 1.15. The molecule has 0 aromatic heterocycles. The molecule has 0 amide bonds. The third-order valence-corrected chi connectivity index (χ3v) is 3.81. The van der Waals surface area contributed by atoms with Crippen molar-refractivity contribution in [2.75, 3.05) is 7.85 Å². The van der Waals surface area contributed by atoms with Crippen LogP contribution in [0.5, 0.6) is 0 Å². The molecule has 0 N–H and O–H groups in total. The molecule has 2 heterocycles. The SMILES string of the molecule is BrN1C=CC=c2ccc3c(c21)N(Br)C=CC=3. The lowest BCUT2D eigenvalue weighted by Gasteiger charge is -2.24. The third-order valence-electron chi connectivity index (χ3n) is 2.63. The molecule has 0 spiro atoms. The van der Waals surface area contributed by atoms with Crippen molar-refractivity contribution in [2.45, 2.75) is 0 Å². The number of rotatable bonds is 0. The van der Waals surface area contributed by atoms with Gasteiger partial charge in [0.15, 0.2) is 0 Å². The zero-order valence-electron chi connectivity index (χ0n) is 8.27. The summed E-state index contributed by atoms with van der Waals surface area (Å²) in [4.78, 5) is 0. The molecule has 2 aliphatic heterocycles. The predicted molar refractivity (Wildman–Crippen MR) is 75.7 cm³/mol. The van der Waals surface area contributed by atoms with Gasteiger partial charge in [0.2, 0.25) is 0 Å². The lowest BCUT2D eigenvalue weighted by atomic mass is 10.1. The molecule has 16 heavy (non-hydrogen) atoms. The Balaban J connectivity index is 2.41. The summed E-state index contributed by atoms with van der Waals surface area (Å²) in [7, 11) is 0. The van der Waals surface area contributed by atoms with Crippen LogP contribution in [0.25, 0.3) is 12.2 Å². The van der Waals surface area contributed by atoms with E-state index in [1.54, 1.807) is 0 Å². The van der Waals surface area contributed by atoms with Gasteiger partial charge < -0.3 is 0 Å². The van der Waals surface area contributed by atoms with Crippen molar-refractivity contribution in [3.8, 4) is 0 Å². The summed E-state index contributed by atoms with van der Waals surface area (Å²) in [6.45, 7) is 0. The summed E-state index contributed by atoms with van der Waals surface area (Å²) in [6.07, 6.45) is 12.2. The van der Waals surface area contributed by atoms with Crippen molar-refractivity contribution in [1.82, 2.24) is 0 Å². The number of halogens is 2. The van der Waals surface area contributed by atoms with Crippen molar-refractivity contribution in [3.05, 3.63) is 47.1 Å². The summed E-state index contributed by atoms with van der Waals surface area (Å²) >= 11 is 7.07. The minimum absolute atomic E-state index is 1.15. The van der Waals surface area contributed by atoms with Gasteiger partial charge in [0.1, 0.15) is 0 Å². The van der Waals surface area contributed by atoms with Crippen LogP contribution < -0.4 is 18.3 Å². The maximum atomic E-state index is 3.53. The Hall–Kier alpha value is -1.00. The number of benzene rings is 1. The highest BCUT2D eigenvalue weighted by molar-refractivity contribution is 9.10. The van der Waals surface area contributed by atoms with Crippen molar-refractivity contribution in [3.63, 3.8) is 0 Å². The highest BCUT2D eigenvalue weighted by atomic mass is 79.9. The summed E-state index contributed by atoms with van der Waals surface area (Å²) in [5, 5.41) is 2.40. The molecule has 2 aliphatic rings. The normalized spacial score (nSPS) is 16.4. The van der Waals surface area contributed by atoms with Crippen LogP contribution in [0.2, 0.25) is 0 Å². The molecule has 0 unspecified atom stereocenters. The van der Waals surface area contributed by atoms with Gasteiger partial charge >= 0.3 is 0 Å². The van der Waals surface area contributed by atoms with E-state index in [2.05, 4.69) is 56.6 Å². The molecular weight excluding hydrogens is 332 g/mol. The first-order valence-electron chi connectivity index (χ1n) is 4.87. The summed E-state index contributed by atoms with van der Waals surface area (Å²) in [5.74, 6) is 0. The molecule has 2 nitrogen and oxygen atoms in total. The second-order valence-electron chi connectivity index (χ2n) is 3.58. The van der Waals surface area contributed by atoms with Crippen LogP contribution >= 0.6 is 32.3 Å². The van der Waals surface area contributed by atoms with Gasteiger partial charge in [-0.2, -0.15) is 0 Å². The second-order valence-corrected chi connectivity index (χ2v) is 5.11. The van der Waals surface area contributed by atoms with Crippen LogP contribution in [-0.4, -0.2) is 0 Å². The van der Waals surface area contributed by atoms with Gasteiger partial charge in [0.05, 0.1) is 43.7 Å². The molecule has 1 aromatic rings. The van der Waals surface area contributed by atoms with Gasteiger partial charge in [0, 0.05) is 22.8 Å². The van der Waals surface area contributed by atoms with E-state index in [9.17, 15) is 0 Å². The topological polar surface area (TPSA) is 6.48 Å². The monoisotopic (exact) mass is 338 g/mol. The lowest BCUT2D eigenvalue weighted by Crippen LogP contribution is -2.26. The van der Waals surface area contributed by atoms with Gasteiger partial charge in [-0.15, -0.1) is 0 Å². The van der Waals surface area contributed by atoms with Crippen LogP contribution in [0.1, 0.15) is 0 Å². The van der Waals surface area contributed by atoms with E-state index in [4.69, 9.17) is 0 Å². The van der Waals surface area contributed by atoms with E-state index in [1.807, 2.05) is 32.4 Å². The lowest BCUT2D eigenvalue weighted by molar-refractivity contribution is 1.33. The molecule has 0 atom stereocenters. The first-order chi connectivity index (χ1) is 7.77. The highest BCUT2D eigenvalue weighted by Gasteiger charge is 2.16. The van der Waals surface area contributed by atoms with Crippen LogP contribution in [0, 0.1) is 0 Å². The summed E-state index contributed by atoms with van der Waals surface area (Å²) in [6, 6.07) is 4.25. The fraction of sp³-hybridized carbons (Fsp3) is 0. The Labute approximate surface area is 111 Å². The number of hydrogen-bond donors (Lipinski definition) is 0. The van der Waals surface area contributed by atoms with Gasteiger partial charge in [-0.05, 0) is 12.2 Å². The number of nitrogens with zero attached hydrogens (tertiary/aromatic N) is 2. The Kier molecular flexibility index (Phi) is 2.41. The van der Waals surface area contributed by atoms with Crippen LogP contribution in [0.15, 0.2) is 36.7 Å². The van der Waals surface area contributed by atoms with Crippen molar-refractivity contribution >= 4 is 55.8 Å². The van der Waals surface area contributed by atoms with E-state index < -0.39 is 0 Å². The fourth-order valence-electron chi connectivity index (χ4n) is 1.92. The number of allylic oxidation sites excluding steroid dienone is 2. The zero-order valence-corrected chi connectivity index (χ0v) is 11.4.